The molecule has 0 spiro atoms. The van der Waals surface area contributed by atoms with Crippen molar-refractivity contribution in [2.75, 3.05) is 0 Å². The summed E-state index contributed by atoms with van der Waals surface area (Å²) in [5.41, 5.74) is 2.58. The van der Waals surface area contributed by atoms with Crippen LogP contribution in [0.4, 0.5) is 0 Å². The maximum atomic E-state index is 11.9. The zero-order chi connectivity index (χ0) is 15.1. The Morgan fingerprint density at radius 1 is 1.50 bits per heavy atom. The summed E-state index contributed by atoms with van der Waals surface area (Å²) in [6.45, 7) is 6.48. The van der Waals surface area contributed by atoms with E-state index in [0.29, 0.717) is 12.8 Å². The van der Waals surface area contributed by atoms with Gasteiger partial charge in [0.1, 0.15) is 5.60 Å². The summed E-state index contributed by atoms with van der Waals surface area (Å²) in [4.78, 5) is 23.1. The SMILES string of the molecule is [2H]CC(C)(C)OC(=O)C(N)(CCCCC=C)C(=O)O. The smallest absolute Gasteiger partial charge is 0.338 e. The summed E-state index contributed by atoms with van der Waals surface area (Å²) in [5.74, 6) is -2.40. The first-order chi connectivity index (χ1) is 8.69. The third-order valence-corrected chi connectivity index (χ3v) is 2.34. The van der Waals surface area contributed by atoms with Crippen LogP contribution in [0.1, 0.15) is 47.8 Å². The van der Waals surface area contributed by atoms with E-state index in [1.54, 1.807) is 6.08 Å². The highest BCUT2D eigenvalue weighted by atomic mass is 16.6. The molecule has 0 aromatic rings. The third kappa shape index (κ3) is 5.31. The summed E-state index contributed by atoms with van der Waals surface area (Å²) < 4.78 is 12.2. The molecular weight excluding hydrogens is 234 g/mol. The lowest BCUT2D eigenvalue weighted by Gasteiger charge is -2.28. The van der Waals surface area contributed by atoms with Gasteiger partial charge in [-0.1, -0.05) is 12.5 Å². The number of carbonyl (C=O) groups is 2. The minimum atomic E-state index is -2.05. The molecule has 0 aliphatic carbocycles. The summed E-state index contributed by atoms with van der Waals surface area (Å²) in [6.07, 6.45) is 3.67. The Hall–Kier alpha value is -1.36. The van der Waals surface area contributed by atoms with Crippen molar-refractivity contribution >= 4 is 11.9 Å². The summed E-state index contributed by atoms with van der Waals surface area (Å²) in [5, 5.41) is 9.14. The minimum Gasteiger partial charge on any atom is -0.479 e. The van der Waals surface area contributed by atoms with E-state index in [-0.39, 0.29) is 13.3 Å². The van der Waals surface area contributed by atoms with Gasteiger partial charge in [-0.15, -0.1) is 6.58 Å². The van der Waals surface area contributed by atoms with Crippen LogP contribution < -0.4 is 5.73 Å². The molecule has 5 heteroatoms. The van der Waals surface area contributed by atoms with Crippen molar-refractivity contribution in [3.8, 4) is 0 Å². The van der Waals surface area contributed by atoms with Crippen LogP contribution in [0.15, 0.2) is 12.7 Å². The standard InChI is InChI=1S/C13H23NO4/c1-5-6-7-8-9-13(14,10(15)16)11(17)18-12(2,3)4/h5H,1,6-9,14H2,2-4H3,(H,15,16)/i2D. The van der Waals surface area contributed by atoms with Gasteiger partial charge < -0.3 is 15.6 Å². The molecule has 18 heavy (non-hydrogen) atoms. The van der Waals surface area contributed by atoms with Gasteiger partial charge in [-0.3, -0.25) is 0 Å². The normalized spacial score (nSPS) is 15.4. The number of carboxylic acid groups (broad SMARTS) is 1. The molecule has 1 unspecified atom stereocenters. The number of allylic oxidation sites excluding steroid dienone is 1. The number of hydrogen-bond donors (Lipinski definition) is 2. The van der Waals surface area contributed by atoms with E-state index in [1.807, 2.05) is 0 Å². The molecule has 0 radical (unpaired) electrons. The van der Waals surface area contributed by atoms with E-state index in [0.717, 1.165) is 6.42 Å². The van der Waals surface area contributed by atoms with Crippen molar-refractivity contribution in [1.82, 2.24) is 0 Å². The number of ether oxygens (including phenoxy) is 1. The van der Waals surface area contributed by atoms with Gasteiger partial charge in [0.25, 0.3) is 0 Å². The van der Waals surface area contributed by atoms with Gasteiger partial charge in [0.15, 0.2) is 0 Å². The number of aliphatic carboxylic acids is 1. The van der Waals surface area contributed by atoms with Crippen LogP contribution >= 0.6 is 0 Å². The molecule has 104 valence electrons. The maximum absolute atomic E-state index is 11.9. The average molecular weight is 258 g/mol. The van der Waals surface area contributed by atoms with Gasteiger partial charge in [0.05, 0.1) is 0 Å². The number of nitrogens with two attached hydrogens (primary N) is 1. The van der Waals surface area contributed by atoms with Gasteiger partial charge >= 0.3 is 11.9 Å². The quantitative estimate of drug-likeness (QED) is 0.315. The van der Waals surface area contributed by atoms with Gasteiger partial charge in [-0.2, -0.15) is 0 Å². The topological polar surface area (TPSA) is 89.6 Å². The summed E-state index contributed by atoms with van der Waals surface area (Å²) >= 11 is 0. The zero-order valence-electron chi connectivity index (χ0n) is 12.1. The molecule has 3 N–H and O–H groups in total. The largest absolute Gasteiger partial charge is 0.479 e. The van der Waals surface area contributed by atoms with Crippen molar-refractivity contribution in [3.63, 3.8) is 0 Å². The van der Waals surface area contributed by atoms with Gasteiger partial charge in [0, 0.05) is 1.37 Å². The molecule has 5 nitrogen and oxygen atoms in total. The second-order valence-electron chi connectivity index (χ2n) is 4.96. The third-order valence-electron chi connectivity index (χ3n) is 2.34. The van der Waals surface area contributed by atoms with Crippen molar-refractivity contribution < 1.29 is 20.8 Å². The van der Waals surface area contributed by atoms with Crippen LogP contribution in [0.2, 0.25) is 0 Å². The zero-order valence-corrected chi connectivity index (χ0v) is 11.1. The summed E-state index contributed by atoms with van der Waals surface area (Å²) in [7, 11) is 0. The monoisotopic (exact) mass is 258 g/mol. The van der Waals surface area contributed by atoms with Crippen molar-refractivity contribution in [2.45, 2.75) is 57.6 Å². The first-order valence-corrected chi connectivity index (χ1v) is 5.85. The van der Waals surface area contributed by atoms with E-state index in [2.05, 4.69) is 6.58 Å². The molecule has 0 fully saturated rings. The lowest BCUT2D eigenvalue weighted by atomic mass is 9.93. The molecule has 0 aliphatic rings. The number of esters is 1. The Balaban J connectivity index is 4.73. The molecule has 0 aromatic carbocycles. The highest BCUT2D eigenvalue weighted by Gasteiger charge is 2.44. The first-order valence-electron chi connectivity index (χ1n) is 6.56. The number of hydrogen-bond acceptors (Lipinski definition) is 4. The van der Waals surface area contributed by atoms with Crippen LogP contribution in [0.25, 0.3) is 0 Å². The molecule has 1 atom stereocenters. The number of unbranched alkanes of at least 4 members (excludes halogenated alkanes) is 2. The van der Waals surface area contributed by atoms with Crippen LogP contribution in [-0.4, -0.2) is 28.2 Å². The predicted octanol–water partition coefficient (Wildman–Crippen LogP) is 1.86. The number of rotatable bonds is 7. The number of carbonyl (C=O) groups excluding carboxylic acids is 1. The molecular formula is C13H23NO4. The fourth-order valence-corrected chi connectivity index (χ4v) is 1.33. The Morgan fingerprint density at radius 3 is 2.56 bits per heavy atom. The average Bonchev–Trinajstić information content (AvgIpc) is 2.33. The predicted molar refractivity (Wildman–Crippen MR) is 69.1 cm³/mol. The second-order valence-corrected chi connectivity index (χ2v) is 4.96. The molecule has 0 heterocycles. The van der Waals surface area contributed by atoms with Crippen LogP contribution in [-0.2, 0) is 14.3 Å². The highest BCUT2D eigenvalue weighted by Crippen LogP contribution is 2.19. The summed E-state index contributed by atoms with van der Waals surface area (Å²) in [6, 6.07) is 0. The Morgan fingerprint density at radius 2 is 2.11 bits per heavy atom. The van der Waals surface area contributed by atoms with E-state index < -0.39 is 23.1 Å². The van der Waals surface area contributed by atoms with Gasteiger partial charge in [0.2, 0.25) is 5.54 Å². The van der Waals surface area contributed by atoms with Crippen molar-refractivity contribution in [1.29, 1.82) is 0 Å². The van der Waals surface area contributed by atoms with Crippen LogP contribution in [0.3, 0.4) is 0 Å². The van der Waals surface area contributed by atoms with Crippen LogP contribution in [0, 0.1) is 0 Å². The Bertz CT molecular complexity index is 344. The lowest BCUT2D eigenvalue weighted by molar-refractivity contribution is -0.169. The fraction of sp³-hybridized carbons (Fsp3) is 0.692. The molecule has 0 amide bonds. The van der Waals surface area contributed by atoms with E-state index >= 15 is 0 Å². The van der Waals surface area contributed by atoms with E-state index in [4.69, 9.17) is 16.9 Å². The first kappa shape index (κ1) is 14.7. The molecule has 0 saturated carbocycles. The maximum Gasteiger partial charge on any atom is 0.338 e. The van der Waals surface area contributed by atoms with E-state index in [9.17, 15) is 9.59 Å². The van der Waals surface area contributed by atoms with Crippen molar-refractivity contribution in [2.24, 2.45) is 5.73 Å². The minimum absolute atomic E-state index is 0.00306. The van der Waals surface area contributed by atoms with Crippen molar-refractivity contribution in [3.05, 3.63) is 12.7 Å². The Labute approximate surface area is 109 Å². The molecule has 0 aromatic heterocycles. The Kier molecular flexibility index (Phi) is 5.34. The van der Waals surface area contributed by atoms with Gasteiger partial charge in [-0.05, 0) is 40.0 Å². The van der Waals surface area contributed by atoms with E-state index in [1.165, 1.54) is 13.8 Å². The fourth-order valence-electron chi connectivity index (χ4n) is 1.33. The van der Waals surface area contributed by atoms with Gasteiger partial charge in [-0.25, -0.2) is 9.59 Å². The van der Waals surface area contributed by atoms with Crippen LogP contribution in [0.5, 0.6) is 0 Å². The lowest BCUT2D eigenvalue weighted by Crippen LogP contribution is -2.57. The highest BCUT2D eigenvalue weighted by molar-refractivity contribution is 6.03. The molecule has 0 bridgehead atoms. The second kappa shape index (κ2) is 6.54. The molecule has 0 saturated heterocycles. The number of carboxylic acids is 1. The molecule has 0 rings (SSSR count). The molecule has 0 aliphatic heterocycles.